The number of halogens is 2. The SMILES string of the molecule is Cc1ccccc1NC(=O)c1nc(-c2ccc(Br)cc2)n(-c2cccc(Cl)c2C)n1. The van der Waals surface area contributed by atoms with E-state index in [1.165, 1.54) is 0 Å². The Labute approximate surface area is 187 Å². The first-order valence-corrected chi connectivity index (χ1v) is 10.5. The predicted molar refractivity (Wildman–Crippen MR) is 123 cm³/mol. The van der Waals surface area contributed by atoms with Gasteiger partial charge in [-0.3, -0.25) is 4.79 Å². The molecule has 4 rings (SSSR count). The largest absolute Gasteiger partial charge is 0.319 e. The van der Waals surface area contributed by atoms with Crippen molar-refractivity contribution < 1.29 is 4.79 Å². The first-order chi connectivity index (χ1) is 14.4. The van der Waals surface area contributed by atoms with E-state index in [4.69, 9.17) is 11.6 Å². The highest BCUT2D eigenvalue weighted by Gasteiger charge is 2.20. The van der Waals surface area contributed by atoms with E-state index in [-0.39, 0.29) is 11.7 Å². The van der Waals surface area contributed by atoms with Gasteiger partial charge < -0.3 is 5.32 Å². The van der Waals surface area contributed by atoms with Gasteiger partial charge in [0.2, 0.25) is 5.82 Å². The summed E-state index contributed by atoms with van der Waals surface area (Å²) in [5.74, 6) is 0.263. The Kier molecular flexibility index (Phi) is 5.70. The fourth-order valence-electron chi connectivity index (χ4n) is 3.08. The number of nitrogens with zero attached hydrogens (tertiary/aromatic N) is 3. The van der Waals surface area contributed by atoms with E-state index in [1.54, 1.807) is 4.68 Å². The van der Waals surface area contributed by atoms with E-state index in [0.717, 1.165) is 32.5 Å². The van der Waals surface area contributed by atoms with Crippen LogP contribution in [0.4, 0.5) is 5.69 Å². The molecule has 150 valence electrons. The smallest absolute Gasteiger partial charge is 0.295 e. The quantitative estimate of drug-likeness (QED) is 0.376. The minimum Gasteiger partial charge on any atom is -0.319 e. The normalized spacial score (nSPS) is 10.8. The first-order valence-electron chi connectivity index (χ1n) is 9.29. The summed E-state index contributed by atoms with van der Waals surface area (Å²) in [6.45, 7) is 3.85. The van der Waals surface area contributed by atoms with Crippen molar-refractivity contribution in [2.75, 3.05) is 5.32 Å². The summed E-state index contributed by atoms with van der Waals surface area (Å²) in [5.41, 5.74) is 4.14. The number of benzene rings is 3. The molecule has 1 aromatic heterocycles. The van der Waals surface area contributed by atoms with Crippen LogP contribution >= 0.6 is 27.5 Å². The van der Waals surface area contributed by atoms with Crippen LogP contribution in [-0.2, 0) is 0 Å². The average Bonchev–Trinajstić information content (AvgIpc) is 3.17. The highest BCUT2D eigenvalue weighted by Crippen LogP contribution is 2.28. The maximum Gasteiger partial charge on any atom is 0.295 e. The molecule has 0 aliphatic carbocycles. The van der Waals surface area contributed by atoms with Crippen molar-refractivity contribution in [1.29, 1.82) is 0 Å². The number of para-hydroxylation sites is 1. The number of aryl methyl sites for hydroxylation is 1. The van der Waals surface area contributed by atoms with Gasteiger partial charge >= 0.3 is 0 Å². The molecule has 1 heterocycles. The van der Waals surface area contributed by atoms with Gasteiger partial charge in [0.25, 0.3) is 5.91 Å². The van der Waals surface area contributed by atoms with Crippen LogP contribution in [0.15, 0.2) is 71.2 Å². The van der Waals surface area contributed by atoms with E-state index in [1.807, 2.05) is 80.6 Å². The van der Waals surface area contributed by atoms with Gasteiger partial charge in [-0.05, 0) is 55.3 Å². The number of rotatable bonds is 4. The van der Waals surface area contributed by atoms with Gasteiger partial charge in [0.05, 0.1) is 5.69 Å². The first kappa shape index (κ1) is 20.3. The minimum atomic E-state index is -0.374. The summed E-state index contributed by atoms with van der Waals surface area (Å²) >= 11 is 9.78. The molecule has 0 saturated carbocycles. The Morgan fingerprint density at radius 3 is 2.47 bits per heavy atom. The molecule has 3 aromatic carbocycles. The van der Waals surface area contributed by atoms with Crippen LogP contribution in [-0.4, -0.2) is 20.7 Å². The summed E-state index contributed by atoms with van der Waals surface area (Å²) in [6, 6.07) is 20.8. The lowest BCUT2D eigenvalue weighted by molar-refractivity contribution is 0.101. The molecule has 0 radical (unpaired) electrons. The maximum atomic E-state index is 12.9. The summed E-state index contributed by atoms with van der Waals surface area (Å²) < 4.78 is 2.62. The second kappa shape index (κ2) is 8.42. The van der Waals surface area contributed by atoms with E-state index in [2.05, 4.69) is 31.3 Å². The number of hydrogen-bond acceptors (Lipinski definition) is 3. The van der Waals surface area contributed by atoms with Crippen LogP contribution in [0.1, 0.15) is 21.7 Å². The van der Waals surface area contributed by atoms with E-state index >= 15 is 0 Å². The number of anilines is 1. The minimum absolute atomic E-state index is 0.0792. The zero-order valence-corrected chi connectivity index (χ0v) is 18.7. The Balaban J connectivity index is 1.81. The Morgan fingerprint density at radius 1 is 1.00 bits per heavy atom. The second-order valence-electron chi connectivity index (χ2n) is 6.83. The van der Waals surface area contributed by atoms with E-state index < -0.39 is 0 Å². The second-order valence-corrected chi connectivity index (χ2v) is 8.15. The van der Waals surface area contributed by atoms with Crippen LogP contribution in [0.25, 0.3) is 17.1 Å². The number of hydrogen-bond donors (Lipinski definition) is 1. The van der Waals surface area contributed by atoms with Crippen LogP contribution in [0.5, 0.6) is 0 Å². The van der Waals surface area contributed by atoms with Crippen molar-refractivity contribution in [2.24, 2.45) is 0 Å². The number of amides is 1. The monoisotopic (exact) mass is 480 g/mol. The molecule has 0 unspecified atom stereocenters. The van der Waals surface area contributed by atoms with Crippen LogP contribution in [0, 0.1) is 13.8 Å². The van der Waals surface area contributed by atoms with E-state index in [0.29, 0.717) is 10.8 Å². The number of carbonyl (C=O) groups is 1. The fourth-order valence-corrected chi connectivity index (χ4v) is 3.51. The molecule has 7 heteroatoms. The molecule has 0 bridgehead atoms. The zero-order valence-electron chi connectivity index (χ0n) is 16.4. The third-order valence-electron chi connectivity index (χ3n) is 4.77. The molecular formula is C23H18BrClN4O. The van der Waals surface area contributed by atoms with Gasteiger partial charge in [-0.1, -0.05) is 63.9 Å². The van der Waals surface area contributed by atoms with Crippen molar-refractivity contribution >= 4 is 39.1 Å². The third kappa shape index (κ3) is 4.01. The molecule has 0 spiro atoms. The molecular weight excluding hydrogens is 464 g/mol. The molecule has 0 atom stereocenters. The number of carbonyl (C=O) groups excluding carboxylic acids is 1. The lowest BCUT2D eigenvalue weighted by atomic mass is 10.1. The van der Waals surface area contributed by atoms with Gasteiger partial charge in [-0.25, -0.2) is 9.67 Å². The Hall–Kier alpha value is -2.96. The number of nitrogens with one attached hydrogen (secondary N) is 1. The van der Waals surface area contributed by atoms with Crippen molar-refractivity contribution in [2.45, 2.75) is 13.8 Å². The molecule has 0 fully saturated rings. The third-order valence-corrected chi connectivity index (χ3v) is 5.71. The highest BCUT2D eigenvalue weighted by molar-refractivity contribution is 9.10. The summed E-state index contributed by atoms with van der Waals surface area (Å²) in [4.78, 5) is 17.5. The summed E-state index contributed by atoms with van der Waals surface area (Å²) in [7, 11) is 0. The van der Waals surface area contributed by atoms with Crippen LogP contribution < -0.4 is 5.32 Å². The van der Waals surface area contributed by atoms with Crippen LogP contribution in [0.3, 0.4) is 0 Å². The van der Waals surface area contributed by atoms with Gasteiger partial charge in [0, 0.05) is 20.7 Å². The molecule has 0 aliphatic rings. The molecule has 1 N–H and O–H groups in total. The fraction of sp³-hybridized carbons (Fsp3) is 0.0870. The van der Waals surface area contributed by atoms with Crippen molar-refractivity contribution in [1.82, 2.24) is 14.8 Å². The predicted octanol–water partition coefficient (Wildman–Crippen LogP) is 6.22. The Bertz CT molecular complexity index is 1230. The highest BCUT2D eigenvalue weighted by atomic mass is 79.9. The number of aromatic nitrogens is 3. The van der Waals surface area contributed by atoms with Crippen molar-refractivity contribution in [3.8, 4) is 17.1 Å². The summed E-state index contributed by atoms with van der Waals surface area (Å²) in [5, 5.41) is 8.05. The van der Waals surface area contributed by atoms with E-state index in [9.17, 15) is 4.79 Å². The average molecular weight is 482 g/mol. The lowest BCUT2D eigenvalue weighted by Gasteiger charge is -2.10. The molecule has 30 heavy (non-hydrogen) atoms. The maximum absolute atomic E-state index is 12.9. The van der Waals surface area contributed by atoms with Gasteiger partial charge in [0.15, 0.2) is 5.82 Å². The zero-order chi connectivity index (χ0) is 21.3. The van der Waals surface area contributed by atoms with Gasteiger partial charge in [0.1, 0.15) is 0 Å². The van der Waals surface area contributed by atoms with Crippen molar-refractivity contribution in [3.63, 3.8) is 0 Å². The van der Waals surface area contributed by atoms with Crippen LogP contribution in [0.2, 0.25) is 5.02 Å². The molecule has 0 aliphatic heterocycles. The Morgan fingerprint density at radius 2 is 1.73 bits per heavy atom. The topological polar surface area (TPSA) is 59.8 Å². The lowest BCUT2D eigenvalue weighted by Crippen LogP contribution is -2.15. The molecule has 1 amide bonds. The van der Waals surface area contributed by atoms with Crippen molar-refractivity contribution in [3.05, 3.63) is 93.2 Å². The van der Waals surface area contributed by atoms with Gasteiger partial charge in [-0.15, -0.1) is 5.10 Å². The molecule has 4 aromatic rings. The van der Waals surface area contributed by atoms with Gasteiger partial charge in [-0.2, -0.15) is 0 Å². The standard InChI is InChI=1S/C23H18BrClN4O/c1-14-6-3-4-8-19(14)26-23(30)21-27-22(16-10-12-17(24)13-11-16)29(28-21)20-9-5-7-18(25)15(20)2/h3-13H,1-2H3,(H,26,30). The molecule has 5 nitrogen and oxygen atoms in total. The summed E-state index contributed by atoms with van der Waals surface area (Å²) in [6.07, 6.45) is 0. The molecule has 0 saturated heterocycles.